The first-order chi connectivity index (χ1) is 14.5. The van der Waals surface area contributed by atoms with E-state index < -0.39 is 11.9 Å². The Morgan fingerprint density at radius 1 is 1.13 bits per heavy atom. The van der Waals surface area contributed by atoms with Gasteiger partial charge in [0.05, 0.1) is 0 Å². The summed E-state index contributed by atoms with van der Waals surface area (Å²) in [7, 11) is 1.69. The zero-order valence-electron chi connectivity index (χ0n) is 16.8. The Bertz CT molecular complexity index is 1080. The van der Waals surface area contributed by atoms with Gasteiger partial charge in [-0.3, -0.25) is 19.5 Å². The summed E-state index contributed by atoms with van der Waals surface area (Å²) in [6, 6.07) is 15.8. The summed E-state index contributed by atoms with van der Waals surface area (Å²) >= 11 is 0. The molecule has 1 aliphatic rings. The number of hydrogen-bond acceptors (Lipinski definition) is 5. The van der Waals surface area contributed by atoms with Gasteiger partial charge < -0.3 is 10.1 Å². The lowest BCUT2D eigenvalue weighted by molar-refractivity contribution is -0.120. The molecule has 152 valence electrons. The van der Waals surface area contributed by atoms with Gasteiger partial charge in [0, 0.05) is 25.0 Å². The number of fused-ring (bicyclic) bond motifs is 1. The highest BCUT2D eigenvalue weighted by Crippen LogP contribution is 2.25. The van der Waals surface area contributed by atoms with E-state index in [2.05, 4.69) is 15.3 Å². The molecule has 0 aliphatic carbocycles. The number of pyridine rings is 2. The summed E-state index contributed by atoms with van der Waals surface area (Å²) in [4.78, 5) is 35.9. The lowest BCUT2D eigenvalue weighted by Crippen LogP contribution is -2.47. The molecule has 1 aromatic carbocycles. The van der Waals surface area contributed by atoms with Gasteiger partial charge in [-0.25, -0.2) is 4.98 Å². The Morgan fingerprint density at radius 2 is 1.93 bits per heavy atom. The summed E-state index contributed by atoms with van der Waals surface area (Å²) in [6.45, 7) is 1.89. The molecule has 30 heavy (non-hydrogen) atoms. The largest absolute Gasteiger partial charge is 0.457 e. The molecule has 2 aromatic heterocycles. The molecule has 0 saturated carbocycles. The van der Waals surface area contributed by atoms with E-state index in [-0.39, 0.29) is 11.6 Å². The zero-order valence-corrected chi connectivity index (χ0v) is 16.8. The molecule has 0 unspecified atom stereocenters. The number of anilines is 1. The first-order valence-electron chi connectivity index (χ1n) is 9.75. The fourth-order valence-corrected chi connectivity index (χ4v) is 3.41. The summed E-state index contributed by atoms with van der Waals surface area (Å²) in [6.07, 6.45) is 2.65. The van der Waals surface area contributed by atoms with E-state index in [1.807, 2.05) is 49.4 Å². The molecule has 7 nitrogen and oxygen atoms in total. The first kappa shape index (κ1) is 19.6. The van der Waals surface area contributed by atoms with Crippen molar-refractivity contribution >= 4 is 17.6 Å². The Hall–Kier alpha value is -3.74. The summed E-state index contributed by atoms with van der Waals surface area (Å²) in [5.74, 6) is 1.19. The summed E-state index contributed by atoms with van der Waals surface area (Å²) < 4.78 is 5.77. The number of nitrogens with one attached hydrogen (secondary N) is 1. The number of carbonyl (C=O) groups is 2. The fourth-order valence-electron chi connectivity index (χ4n) is 3.41. The molecule has 1 aliphatic heterocycles. The highest BCUT2D eigenvalue weighted by molar-refractivity contribution is 6.01. The van der Waals surface area contributed by atoms with Crippen molar-refractivity contribution in [2.24, 2.45) is 0 Å². The summed E-state index contributed by atoms with van der Waals surface area (Å²) in [5, 5.41) is 2.82. The van der Waals surface area contributed by atoms with E-state index >= 15 is 0 Å². The number of amides is 2. The quantitative estimate of drug-likeness (QED) is 0.724. The van der Waals surface area contributed by atoms with Crippen molar-refractivity contribution in [3.05, 3.63) is 77.7 Å². The molecule has 4 rings (SSSR count). The Kier molecular flexibility index (Phi) is 5.43. The second-order valence-corrected chi connectivity index (χ2v) is 7.19. The Labute approximate surface area is 174 Å². The van der Waals surface area contributed by atoms with Gasteiger partial charge in [0.15, 0.2) is 0 Å². The van der Waals surface area contributed by atoms with Gasteiger partial charge in [0.2, 0.25) is 5.91 Å². The molecule has 1 atom stereocenters. The van der Waals surface area contributed by atoms with Crippen LogP contribution in [-0.4, -0.2) is 34.9 Å². The normalized spacial score (nSPS) is 15.9. The molecule has 2 amide bonds. The number of ether oxygens (including phenoxy) is 1. The molecule has 7 heteroatoms. The highest BCUT2D eigenvalue weighted by atomic mass is 16.5. The van der Waals surface area contributed by atoms with Crippen LogP contribution in [0.1, 0.15) is 28.2 Å². The number of para-hydroxylation sites is 1. The number of rotatable bonds is 4. The molecular formula is C23H22N4O3. The minimum Gasteiger partial charge on any atom is -0.457 e. The average molecular weight is 402 g/mol. The number of likely N-dealkylation sites (N-methyl/N-ethyl adjacent to an activating group) is 1. The number of benzene rings is 1. The number of aromatic nitrogens is 2. The van der Waals surface area contributed by atoms with Crippen LogP contribution in [0.3, 0.4) is 0 Å². The minimum atomic E-state index is -0.655. The van der Waals surface area contributed by atoms with Crippen LogP contribution in [0.15, 0.2) is 60.8 Å². The monoisotopic (exact) mass is 402 g/mol. The van der Waals surface area contributed by atoms with Crippen molar-refractivity contribution < 1.29 is 14.3 Å². The van der Waals surface area contributed by atoms with E-state index in [4.69, 9.17) is 4.74 Å². The Morgan fingerprint density at radius 3 is 2.73 bits per heavy atom. The maximum Gasteiger partial charge on any atom is 0.270 e. The molecule has 0 saturated heterocycles. The van der Waals surface area contributed by atoms with Gasteiger partial charge in [-0.05, 0) is 49.6 Å². The topological polar surface area (TPSA) is 84.4 Å². The van der Waals surface area contributed by atoms with Crippen molar-refractivity contribution in [1.82, 2.24) is 15.3 Å². The van der Waals surface area contributed by atoms with Crippen molar-refractivity contribution in [2.75, 3.05) is 11.9 Å². The molecule has 0 fully saturated rings. The molecule has 1 N–H and O–H groups in total. The number of hydrogen-bond donors (Lipinski definition) is 1. The predicted octanol–water partition coefficient (Wildman–Crippen LogP) is 3.28. The van der Waals surface area contributed by atoms with Crippen molar-refractivity contribution in [1.29, 1.82) is 0 Å². The SMILES string of the molecule is Cc1ccc2c(n1)N(C)C(=O)[C@@H](NC(=O)c1cc(Oc3ccccc3)ccn1)CC2. The van der Waals surface area contributed by atoms with Gasteiger partial charge in [-0.2, -0.15) is 0 Å². The van der Waals surface area contributed by atoms with Gasteiger partial charge in [0.1, 0.15) is 29.1 Å². The molecule has 3 aromatic rings. The number of nitrogens with zero attached hydrogens (tertiary/aromatic N) is 3. The van der Waals surface area contributed by atoms with E-state index in [0.717, 1.165) is 11.3 Å². The fraction of sp³-hybridized carbons (Fsp3) is 0.217. The lowest BCUT2D eigenvalue weighted by Gasteiger charge is -2.21. The standard InChI is InChI=1S/C23H22N4O3/c1-15-8-9-16-10-11-19(23(29)27(2)21(16)25-15)26-22(28)20-14-18(12-13-24-20)30-17-6-4-3-5-7-17/h3-9,12-14,19H,10-11H2,1-2H3,(H,26,28)/t19-/m0/s1. The van der Waals surface area contributed by atoms with Crippen molar-refractivity contribution in [3.8, 4) is 11.5 Å². The maximum absolute atomic E-state index is 12.9. The van der Waals surface area contributed by atoms with Crippen LogP contribution in [0.25, 0.3) is 0 Å². The third-order valence-corrected chi connectivity index (χ3v) is 4.99. The van der Waals surface area contributed by atoms with E-state index in [0.29, 0.717) is 30.2 Å². The Balaban J connectivity index is 1.49. The third-order valence-electron chi connectivity index (χ3n) is 4.99. The zero-order chi connectivity index (χ0) is 21.1. The maximum atomic E-state index is 12.9. The molecule has 0 spiro atoms. The van der Waals surface area contributed by atoms with E-state index in [1.54, 1.807) is 19.2 Å². The molecule has 0 bridgehead atoms. The van der Waals surface area contributed by atoms with Crippen molar-refractivity contribution in [3.63, 3.8) is 0 Å². The number of carbonyl (C=O) groups excluding carboxylic acids is 2. The van der Waals surface area contributed by atoms with Crippen LogP contribution < -0.4 is 15.0 Å². The average Bonchev–Trinajstić information content (AvgIpc) is 2.87. The minimum absolute atomic E-state index is 0.189. The highest BCUT2D eigenvalue weighted by Gasteiger charge is 2.30. The van der Waals surface area contributed by atoms with Gasteiger partial charge in [-0.1, -0.05) is 24.3 Å². The lowest BCUT2D eigenvalue weighted by atomic mass is 10.1. The van der Waals surface area contributed by atoms with Crippen molar-refractivity contribution in [2.45, 2.75) is 25.8 Å². The first-order valence-corrected chi connectivity index (χ1v) is 9.75. The summed E-state index contributed by atoms with van der Waals surface area (Å²) in [5.41, 5.74) is 2.02. The van der Waals surface area contributed by atoms with Crippen LogP contribution >= 0.6 is 0 Å². The van der Waals surface area contributed by atoms with Crippen LogP contribution in [0.5, 0.6) is 11.5 Å². The molecule has 3 heterocycles. The van der Waals surface area contributed by atoms with Gasteiger partial charge in [0.25, 0.3) is 5.91 Å². The van der Waals surface area contributed by atoms with E-state index in [1.165, 1.54) is 11.1 Å². The smallest absolute Gasteiger partial charge is 0.270 e. The van der Waals surface area contributed by atoms with Crippen LogP contribution in [0, 0.1) is 6.92 Å². The third kappa shape index (κ3) is 4.15. The van der Waals surface area contributed by atoms with E-state index in [9.17, 15) is 9.59 Å². The van der Waals surface area contributed by atoms with Crippen LogP contribution in [0.4, 0.5) is 5.82 Å². The van der Waals surface area contributed by atoms with Crippen LogP contribution in [0.2, 0.25) is 0 Å². The second-order valence-electron chi connectivity index (χ2n) is 7.19. The molecule has 0 radical (unpaired) electrons. The van der Waals surface area contributed by atoms with Crippen LogP contribution in [-0.2, 0) is 11.2 Å². The molecular weight excluding hydrogens is 380 g/mol. The second kappa shape index (κ2) is 8.32. The predicted molar refractivity (Wildman–Crippen MR) is 113 cm³/mol. The number of aryl methyl sites for hydroxylation is 2. The van der Waals surface area contributed by atoms with Gasteiger partial charge in [-0.15, -0.1) is 0 Å². The van der Waals surface area contributed by atoms with Gasteiger partial charge >= 0.3 is 0 Å².